The molecular formula is C16H24BrNO2. The molecule has 0 amide bonds. The van der Waals surface area contributed by atoms with Crippen molar-refractivity contribution in [2.75, 3.05) is 33.4 Å². The molecule has 1 aromatic carbocycles. The number of hydrogen-bond acceptors (Lipinski definition) is 3. The van der Waals surface area contributed by atoms with Crippen molar-refractivity contribution in [3.8, 4) is 0 Å². The molecule has 0 bridgehead atoms. The molecular weight excluding hydrogens is 318 g/mol. The molecule has 0 spiro atoms. The average Bonchev–Trinajstić information content (AvgIpc) is 2.46. The molecule has 1 N–H and O–H groups in total. The van der Waals surface area contributed by atoms with Crippen LogP contribution in [-0.2, 0) is 4.74 Å². The lowest BCUT2D eigenvalue weighted by Gasteiger charge is -2.32. The minimum atomic E-state index is -0.370. The van der Waals surface area contributed by atoms with Crippen LogP contribution in [0.1, 0.15) is 30.9 Å². The molecule has 0 saturated carbocycles. The number of nitrogens with zero attached hydrogens (tertiary/aromatic N) is 1. The van der Waals surface area contributed by atoms with Gasteiger partial charge in [0.25, 0.3) is 0 Å². The van der Waals surface area contributed by atoms with Gasteiger partial charge in [0, 0.05) is 24.7 Å². The number of ether oxygens (including phenoxy) is 1. The lowest BCUT2D eigenvalue weighted by molar-refractivity contribution is 0.0779. The lowest BCUT2D eigenvalue weighted by atomic mass is 9.98. The summed E-state index contributed by atoms with van der Waals surface area (Å²) in [6.07, 6.45) is 2.93. The van der Waals surface area contributed by atoms with Gasteiger partial charge < -0.3 is 14.7 Å². The van der Waals surface area contributed by atoms with E-state index in [2.05, 4.69) is 20.8 Å². The summed E-state index contributed by atoms with van der Waals surface area (Å²) in [4.78, 5) is 2.45. The predicted octanol–water partition coefficient (Wildman–Crippen LogP) is 3.23. The summed E-state index contributed by atoms with van der Waals surface area (Å²) in [5.41, 5.74) is 0.999. The zero-order valence-corrected chi connectivity index (χ0v) is 13.7. The molecule has 20 heavy (non-hydrogen) atoms. The number of aliphatic hydroxyl groups excluding tert-OH is 1. The first-order valence-electron chi connectivity index (χ1n) is 7.34. The Morgan fingerprint density at radius 3 is 2.85 bits per heavy atom. The molecule has 1 aromatic rings. The van der Waals surface area contributed by atoms with Gasteiger partial charge in [-0.15, -0.1) is 0 Å². The number of hydrogen-bond donors (Lipinski definition) is 1. The normalized spacial score (nSPS) is 21.9. The summed E-state index contributed by atoms with van der Waals surface area (Å²) >= 11 is 3.42. The van der Waals surface area contributed by atoms with Gasteiger partial charge in [0.2, 0.25) is 0 Å². The van der Waals surface area contributed by atoms with Crippen LogP contribution in [0.3, 0.4) is 0 Å². The topological polar surface area (TPSA) is 32.7 Å². The average molecular weight is 342 g/mol. The van der Waals surface area contributed by atoms with Crippen molar-refractivity contribution >= 4 is 15.9 Å². The van der Waals surface area contributed by atoms with Gasteiger partial charge in [-0.25, -0.2) is 0 Å². The van der Waals surface area contributed by atoms with Gasteiger partial charge in [0.05, 0.1) is 12.7 Å². The third kappa shape index (κ3) is 4.85. The summed E-state index contributed by atoms with van der Waals surface area (Å²) < 4.78 is 6.30. The molecule has 0 radical (unpaired) electrons. The fraction of sp³-hybridized carbons (Fsp3) is 0.625. The second kappa shape index (κ2) is 8.13. The number of halogens is 1. The number of rotatable bonds is 6. The fourth-order valence-electron chi connectivity index (χ4n) is 2.88. The maximum atomic E-state index is 10.2. The van der Waals surface area contributed by atoms with E-state index in [4.69, 9.17) is 4.74 Å². The second-order valence-electron chi connectivity index (χ2n) is 5.62. The Morgan fingerprint density at radius 2 is 2.15 bits per heavy atom. The van der Waals surface area contributed by atoms with Gasteiger partial charge in [0.15, 0.2) is 0 Å². The molecule has 1 aliphatic heterocycles. The molecule has 2 atom stereocenters. The van der Waals surface area contributed by atoms with Gasteiger partial charge in [-0.05, 0) is 49.4 Å². The van der Waals surface area contributed by atoms with Crippen molar-refractivity contribution in [3.05, 3.63) is 34.3 Å². The van der Waals surface area contributed by atoms with Crippen LogP contribution in [0, 0.1) is 5.92 Å². The van der Waals surface area contributed by atoms with Crippen molar-refractivity contribution in [1.82, 2.24) is 4.90 Å². The number of likely N-dealkylation sites (tertiary alicyclic amines) is 1. The minimum Gasteiger partial charge on any atom is -0.388 e. The van der Waals surface area contributed by atoms with Crippen LogP contribution >= 0.6 is 15.9 Å². The van der Waals surface area contributed by atoms with E-state index in [0.717, 1.165) is 42.7 Å². The smallest absolute Gasteiger partial charge is 0.0802 e. The minimum absolute atomic E-state index is 0.370. The highest BCUT2D eigenvalue weighted by molar-refractivity contribution is 9.10. The first-order chi connectivity index (χ1) is 9.69. The summed E-state index contributed by atoms with van der Waals surface area (Å²) in [6, 6.07) is 7.93. The van der Waals surface area contributed by atoms with Gasteiger partial charge in [-0.2, -0.15) is 0 Å². The predicted molar refractivity (Wildman–Crippen MR) is 84.8 cm³/mol. The SMILES string of the molecule is COCC1CCCN(CCC(O)c2ccc(Br)cc2)C1. The summed E-state index contributed by atoms with van der Waals surface area (Å²) in [6.45, 7) is 4.05. The number of aliphatic hydroxyl groups is 1. The van der Waals surface area contributed by atoms with E-state index in [9.17, 15) is 5.11 Å². The third-order valence-corrected chi connectivity index (χ3v) is 4.51. The zero-order valence-electron chi connectivity index (χ0n) is 12.1. The Morgan fingerprint density at radius 1 is 1.40 bits per heavy atom. The number of piperidine rings is 1. The van der Waals surface area contributed by atoms with Gasteiger partial charge in [0.1, 0.15) is 0 Å². The van der Waals surface area contributed by atoms with Crippen LogP contribution in [0.15, 0.2) is 28.7 Å². The molecule has 1 fully saturated rings. The van der Waals surface area contributed by atoms with Crippen LogP contribution < -0.4 is 0 Å². The van der Waals surface area contributed by atoms with Crippen LogP contribution in [-0.4, -0.2) is 43.4 Å². The molecule has 0 aliphatic carbocycles. The molecule has 1 aliphatic rings. The largest absolute Gasteiger partial charge is 0.388 e. The Bertz CT molecular complexity index is 394. The number of methoxy groups -OCH3 is 1. The van der Waals surface area contributed by atoms with Crippen molar-refractivity contribution in [2.45, 2.75) is 25.4 Å². The van der Waals surface area contributed by atoms with Gasteiger partial charge in [-0.1, -0.05) is 28.1 Å². The van der Waals surface area contributed by atoms with Crippen molar-refractivity contribution < 1.29 is 9.84 Å². The first-order valence-corrected chi connectivity index (χ1v) is 8.13. The maximum absolute atomic E-state index is 10.2. The fourth-order valence-corrected chi connectivity index (χ4v) is 3.15. The molecule has 112 valence electrons. The summed E-state index contributed by atoms with van der Waals surface area (Å²) in [5, 5.41) is 10.2. The zero-order chi connectivity index (χ0) is 14.4. The van der Waals surface area contributed by atoms with Crippen molar-refractivity contribution in [2.24, 2.45) is 5.92 Å². The lowest BCUT2D eigenvalue weighted by Crippen LogP contribution is -2.38. The van der Waals surface area contributed by atoms with E-state index < -0.39 is 0 Å². The number of benzene rings is 1. The van der Waals surface area contributed by atoms with E-state index in [1.54, 1.807) is 7.11 Å². The highest BCUT2D eigenvalue weighted by atomic mass is 79.9. The Labute approximate surface area is 130 Å². The van der Waals surface area contributed by atoms with E-state index in [1.807, 2.05) is 24.3 Å². The standard InChI is InChI=1S/C16H24BrNO2/c1-20-12-13-3-2-9-18(11-13)10-8-16(19)14-4-6-15(17)7-5-14/h4-7,13,16,19H,2-3,8-12H2,1H3. The highest BCUT2D eigenvalue weighted by Crippen LogP contribution is 2.22. The van der Waals surface area contributed by atoms with Crippen molar-refractivity contribution in [1.29, 1.82) is 0 Å². The van der Waals surface area contributed by atoms with E-state index >= 15 is 0 Å². The maximum Gasteiger partial charge on any atom is 0.0802 e. The van der Waals surface area contributed by atoms with Crippen LogP contribution in [0.4, 0.5) is 0 Å². The molecule has 2 rings (SSSR count). The van der Waals surface area contributed by atoms with E-state index in [0.29, 0.717) is 5.92 Å². The quantitative estimate of drug-likeness (QED) is 0.862. The molecule has 2 unspecified atom stereocenters. The highest BCUT2D eigenvalue weighted by Gasteiger charge is 2.20. The molecule has 1 saturated heterocycles. The van der Waals surface area contributed by atoms with Gasteiger partial charge in [-0.3, -0.25) is 0 Å². The summed E-state index contributed by atoms with van der Waals surface area (Å²) in [7, 11) is 1.77. The molecule has 0 aromatic heterocycles. The van der Waals surface area contributed by atoms with Crippen LogP contribution in [0.25, 0.3) is 0 Å². The van der Waals surface area contributed by atoms with Crippen LogP contribution in [0.2, 0.25) is 0 Å². The third-order valence-electron chi connectivity index (χ3n) is 3.98. The Hall–Kier alpha value is -0.420. The molecule has 4 heteroatoms. The van der Waals surface area contributed by atoms with Crippen LogP contribution in [0.5, 0.6) is 0 Å². The first kappa shape index (κ1) is 16.0. The monoisotopic (exact) mass is 341 g/mol. The Balaban J connectivity index is 1.78. The Kier molecular flexibility index (Phi) is 6.49. The van der Waals surface area contributed by atoms with Gasteiger partial charge >= 0.3 is 0 Å². The second-order valence-corrected chi connectivity index (χ2v) is 6.54. The summed E-state index contributed by atoms with van der Waals surface area (Å²) in [5.74, 6) is 0.651. The van der Waals surface area contributed by atoms with E-state index in [1.165, 1.54) is 12.8 Å². The van der Waals surface area contributed by atoms with E-state index in [-0.39, 0.29) is 6.10 Å². The van der Waals surface area contributed by atoms with Crippen molar-refractivity contribution in [3.63, 3.8) is 0 Å². The molecule has 1 heterocycles. The molecule has 3 nitrogen and oxygen atoms in total.